The summed E-state index contributed by atoms with van der Waals surface area (Å²) >= 11 is 1.62. The van der Waals surface area contributed by atoms with E-state index in [0.29, 0.717) is 26.1 Å². The van der Waals surface area contributed by atoms with E-state index in [1.54, 1.807) is 18.4 Å². The molecule has 0 unspecified atom stereocenters. The van der Waals surface area contributed by atoms with Crippen molar-refractivity contribution in [3.05, 3.63) is 16.3 Å². The first-order valence-electron chi connectivity index (χ1n) is 5.52. The minimum Gasteiger partial charge on any atom is -0.398 e. The van der Waals surface area contributed by atoms with Crippen LogP contribution in [0.3, 0.4) is 0 Å². The standard InChI is InChI=1S/C11H19N3O2S/c1-16-6-5-14-11(15)2-4-13-8-10-9(12)3-7-17-10/h3,7,13H,2,4-6,8,12H2,1H3,(H,14,15). The Kier molecular flexibility index (Phi) is 6.61. The second-order valence-electron chi connectivity index (χ2n) is 3.57. The van der Waals surface area contributed by atoms with Gasteiger partial charge in [-0.05, 0) is 11.4 Å². The minimum absolute atomic E-state index is 0.0358. The van der Waals surface area contributed by atoms with E-state index in [2.05, 4.69) is 10.6 Å². The van der Waals surface area contributed by atoms with E-state index in [9.17, 15) is 4.79 Å². The first kappa shape index (κ1) is 14.0. The molecule has 0 radical (unpaired) electrons. The summed E-state index contributed by atoms with van der Waals surface area (Å²) in [5.41, 5.74) is 6.55. The lowest BCUT2D eigenvalue weighted by molar-refractivity contribution is -0.121. The molecule has 0 saturated heterocycles. The lowest BCUT2D eigenvalue weighted by Gasteiger charge is -2.05. The van der Waals surface area contributed by atoms with Crippen LogP contribution in [0.4, 0.5) is 5.69 Å². The largest absolute Gasteiger partial charge is 0.398 e. The number of carbonyl (C=O) groups is 1. The van der Waals surface area contributed by atoms with E-state index in [1.165, 1.54) is 0 Å². The van der Waals surface area contributed by atoms with Gasteiger partial charge in [-0.2, -0.15) is 0 Å². The molecule has 1 rings (SSSR count). The third-order valence-electron chi connectivity index (χ3n) is 2.22. The van der Waals surface area contributed by atoms with Crippen molar-refractivity contribution in [2.45, 2.75) is 13.0 Å². The molecule has 0 aliphatic rings. The van der Waals surface area contributed by atoms with E-state index in [4.69, 9.17) is 10.5 Å². The zero-order valence-electron chi connectivity index (χ0n) is 9.99. The van der Waals surface area contributed by atoms with Crippen molar-refractivity contribution < 1.29 is 9.53 Å². The van der Waals surface area contributed by atoms with Crippen LogP contribution >= 0.6 is 11.3 Å². The lowest BCUT2D eigenvalue weighted by atomic mass is 10.3. The normalized spacial score (nSPS) is 10.4. The molecule has 0 spiro atoms. The Morgan fingerprint density at radius 1 is 1.53 bits per heavy atom. The molecule has 17 heavy (non-hydrogen) atoms. The Hall–Kier alpha value is -1.11. The number of thiophene rings is 1. The van der Waals surface area contributed by atoms with Gasteiger partial charge in [0.1, 0.15) is 0 Å². The van der Waals surface area contributed by atoms with Gasteiger partial charge in [-0.25, -0.2) is 0 Å². The maximum atomic E-state index is 11.3. The Labute approximate surface area is 105 Å². The van der Waals surface area contributed by atoms with Crippen LogP contribution in [0.15, 0.2) is 11.4 Å². The van der Waals surface area contributed by atoms with E-state index >= 15 is 0 Å². The molecule has 6 heteroatoms. The summed E-state index contributed by atoms with van der Waals surface area (Å²) in [4.78, 5) is 12.4. The zero-order chi connectivity index (χ0) is 12.5. The Morgan fingerprint density at radius 2 is 2.35 bits per heavy atom. The second kappa shape index (κ2) is 8.05. The quantitative estimate of drug-likeness (QED) is 0.595. The maximum Gasteiger partial charge on any atom is 0.221 e. The molecule has 0 fully saturated rings. The number of nitrogens with two attached hydrogens (primary N) is 1. The highest BCUT2D eigenvalue weighted by molar-refractivity contribution is 7.10. The number of carbonyl (C=O) groups excluding carboxylic acids is 1. The molecule has 1 amide bonds. The highest BCUT2D eigenvalue weighted by Gasteiger charge is 2.02. The summed E-state index contributed by atoms with van der Waals surface area (Å²) in [5, 5.41) is 7.91. The topological polar surface area (TPSA) is 76.4 Å². The molecule has 96 valence electrons. The SMILES string of the molecule is COCCNC(=O)CCNCc1sccc1N. The molecule has 5 nitrogen and oxygen atoms in total. The minimum atomic E-state index is 0.0358. The molecule has 0 bridgehead atoms. The smallest absolute Gasteiger partial charge is 0.221 e. The van der Waals surface area contributed by atoms with Gasteiger partial charge in [0.2, 0.25) is 5.91 Å². The molecule has 4 N–H and O–H groups in total. The first-order valence-corrected chi connectivity index (χ1v) is 6.40. The first-order chi connectivity index (χ1) is 8.24. The fraction of sp³-hybridized carbons (Fsp3) is 0.545. The van der Waals surface area contributed by atoms with Crippen LogP contribution in [0.25, 0.3) is 0 Å². The van der Waals surface area contributed by atoms with Crippen LogP contribution in [0.1, 0.15) is 11.3 Å². The summed E-state index contributed by atoms with van der Waals surface area (Å²) in [6.07, 6.45) is 0.467. The third-order valence-corrected chi connectivity index (χ3v) is 3.16. The van der Waals surface area contributed by atoms with Gasteiger partial charge in [0.25, 0.3) is 0 Å². The number of amides is 1. The monoisotopic (exact) mass is 257 g/mol. The molecule has 0 aliphatic carbocycles. The van der Waals surface area contributed by atoms with E-state index in [-0.39, 0.29) is 5.91 Å². The molecule has 1 heterocycles. The van der Waals surface area contributed by atoms with Gasteiger partial charge in [0, 0.05) is 43.7 Å². The second-order valence-corrected chi connectivity index (χ2v) is 4.57. The molecule has 0 aliphatic heterocycles. The molecule has 0 aromatic carbocycles. The molecule has 1 aromatic heterocycles. The van der Waals surface area contributed by atoms with E-state index in [0.717, 1.165) is 17.1 Å². The summed E-state index contributed by atoms with van der Waals surface area (Å²) in [5.74, 6) is 0.0358. The van der Waals surface area contributed by atoms with Gasteiger partial charge in [-0.15, -0.1) is 11.3 Å². The number of ether oxygens (including phenoxy) is 1. The van der Waals surface area contributed by atoms with Gasteiger partial charge in [0.15, 0.2) is 0 Å². The predicted octanol–water partition coefficient (Wildman–Crippen LogP) is 0.573. The number of methoxy groups -OCH3 is 1. The average molecular weight is 257 g/mol. The number of anilines is 1. The predicted molar refractivity (Wildman–Crippen MR) is 69.9 cm³/mol. The van der Waals surface area contributed by atoms with Gasteiger partial charge >= 0.3 is 0 Å². The van der Waals surface area contributed by atoms with Gasteiger partial charge < -0.3 is 21.1 Å². The fourth-order valence-electron chi connectivity index (χ4n) is 1.28. The Bertz CT molecular complexity index is 341. The van der Waals surface area contributed by atoms with Crippen LogP contribution in [0.2, 0.25) is 0 Å². The van der Waals surface area contributed by atoms with Crippen molar-refractivity contribution in [2.24, 2.45) is 0 Å². The van der Waals surface area contributed by atoms with Crippen LogP contribution in [0, 0.1) is 0 Å². The third kappa shape index (κ3) is 5.67. The molecule has 0 saturated carbocycles. The van der Waals surface area contributed by atoms with Crippen LogP contribution < -0.4 is 16.4 Å². The highest BCUT2D eigenvalue weighted by atomic mass is 32.1. The Balaban J connectivity index is 2.04. The molecule has 1 aromatic rings. The van der Waals surface area contributed by atoms with Gasteiger partial charge in [-0.1, -0.05) is 0 Å². The van der Waals surface area contributed by atoms with Gasteiger partial charge in [0.05, 0.1) is 6.61 Å². The van der Waals surface area contributed by atoms with Crippen LogP contribution in [-0.2, 0) is 16.1 Å². The van der Waals surface area contributed by atoms with Gasteiger partial charge in [-0.3, -0.25) is 4.79 Å². The molecular weight excluding hydrogens is 238 g/mol. The maximum absolute atomic E-state index is 11.3. The van der Waals surface area contributed by atoms with Crippen molar-refractivity contribution in [3.8, 4) is 0 Å². The van der Waals surface area contributed by atoms with Crippen molar-refractivity contribution >= 4 is 22.9 Å². The van der Waals surface area contributed by atoms with Crippen molar-refractivity contribution in [2.75, 3.05) is 32.5 Å². The number of rotatable bonds is 8. The summed E-state index contributed by atoms with van der Waals surface area (Å²) in [6, 6.07) is 1.89. The highest BCUT2D eigenvalue weighted by Crippen LogP contribution is 2.17. The number of hydrogen-bond donors (Lipinski definition) is 3. The summed E-state index contributed by atoms with van der Waals surface area (Å²) in [6.45, 7) is 2.48. The summed E-state index contributed by atoms with van der Waals surface area (Å²) in [7, 11) is 1.61. The van der Waals surface area contributed by atoms with Crippen molar-refractivity contribution in [1.82, 2.24) is 10.6 Å². The van der Waals surface area contributed by atoms with Crippen molar-refractivity contribution in [3.63, 3.8) is 0 Å². The lowest BCUT2D eigenvalue weighted by Crippen LogP contribution is -2.29. The fourth-order valence-corrected chi connectivity index (χ4v) is 2.05. The zero-order valence-corrected chi connectivity index (χ0v) is 10.8. The number of hydrogen-bond acceptors (Lipinski definition) is 5. The van der Waals surface area contributed by atoms with Crippen LogP contribution in [-0.4, -0.2) is 32.7 Å². The molecular formula is C11H19N3O2S. The van der Waals surface area contributed by atoms with Crippen LogP contribution in [0.5, 0.6) is 0 Å². The Morgan fingerprint density at radius 3 is 3.00 bits per heavy atom. The van der Waals surface area contributed by atoms with E-state index in [1.807, 2.05) is 11.4 Å². The average Bonchev–Trinajstić information content (AvgIpc) is 2.71. The summed E-state index contributed by atoms with van der Waals surface area (Å²) < 4.78 is 4.84. The van der Waals surface area contributed by atoms with Crippen molar-refractivity contribution in [1.29, 1.82) is 0 Å². The molecule has 0 atom stereocenters. The number of nitrogens with one attached hydrogen (secondary N) is 2. The number of nitrogen functional groups attached to an aromatic ring is 1. The van der Waals surface area contributed by atoms with E-state index < -0.39 is 0 Å².